The van der Waals surface area contributed by atoms with Crippen molar-refractivity contribution in [3.8, 4) is 0 Å². The van der Waals surface area contributed by atoms with E-state index in [9.17, 15) is 9.18 Å². The van der Waals surface area contributed by atoms with Gasteiger partial charge in [-0.05, 0) is 36.6 Å². The van der Waals surface area contributed by atoms with E-state index >= 15 is 0 Å². The average molecular weight is 232 g/mol. The number of benzene rings is 1. The zero-order chi connectivity index (χ0) is 11.4. The zero-order valence-electron chi connectivity index (χ0n) is 7.91. The Bertz CT molecular complexity index is 370. The van der Waals surface area contributed by atoms with Crippen molar-refractivity contribution in [1.82, 2.24) is 0 Å². The molecule has 0 fully saturated rings. The zero-order valence-corrected chi connectivity index (χ0v) is 8.67. The third-order valence-corrected chi connectivity index (χ3v) is 2.28. The highest BCUT2D eigenvalue weighted by molar-refractivity contribution is 6.30. The predicted octanol–water partition coefficient (Wildman–Crippen LogP) is 1.82. The molecule has 3 N–H and O–H groups in total. The fourth-order valence-electron chi connectivity index (χ4n) is 1.17. The fourth-order valence-corrected chi connectivity index (χ4v) is 1.36. The first-order valence-electron chi connectivity index (χ1n) is 4.43. The minimum absolute atomic E-state index is 0.187. The van der Waals surface area contributed by atoms with Gasteiger partial charge in [-0.1, -0.05) is 11.6 Å². The predicted molar refractivity (Wildman–Crippen MR) is 55.3 cm³/mol. The molecule has 1 aromatic rings. The maximum Gasteiger partial charge on any atom is 0.320 e. The number of hydrogen-bond acceptors (Lipinski definition) is 2. The summed E-state index contributed by atoms with van der Waals surface area (Å²) in [4.78, 5) is 10.4. The van der Waals surface area contributed by atoms with Crippen molar-refractivity contribution in [3.05, 3.63) is 34.6 Å². The molecule has 0 aliphatic carbocycles. The van der Waals surface area contributed by atoms with E-state index in [4.69, 9.17) is 22.4 Å². The van der Waals surface area contributed by atoms with Gasteiger partial charge in [0.25, 0.3) is 0 Å². The molecule has 82 valence electrons. The molecular weight excluding hydrogens is 221 g/mol. The van der Waals surface area contributed by atoms with Gasteiger partial charge in [-0.2, -0.15) is 0 Å². The highest BCUT2D eigenvalue weighted by Crippen LogP contribution is 2.16. The monoisotopic (exact) mass is 231 g/mol. The van der Waals surface area contributed by atoms with E-state index in [1.807, 2.05) is 0 Å². The second-order valence-corrected chi connectivity index (χ2v) is 3.66. The smallest absolute Gasteiger partial charge is 0.320 e. The van der Waals surface area contributed by atoms with Crippen molar-refractivity contribution < 1.29 is 14.3 Å². The van der Waals surface area contributed by atoms with Gasteiger partial charge in [-0.3, -0.25) is 4.79 Å². The molecule has 0 aliphatic rings. The molecule has 0 amide bonds. The number of aliphatic carboxylic acids is 1. The number of rotatable bonds is 4. The van der Waals surface area contributed by atoms with Crippen LogP contribution in [-0.4, -0.2) is 17.1 Å². The maximum absolute atomic E-state index is 13.2. The van der Waals surface area contributed by atoms with E-state index in [1.54, 1.807) is 0 Å². The number of carboxylic acid groups (broad SMARTS) is 1. The molecule has 0 aromatic heterocycles. The van der Waals surface area contributed by atoms with Crippen LogP contribution >= 0.6 is 11.6 Å². The Morgan fingerprint density at radius 2 is 2.27 bits per heavy atom. The Morgan fingerprint density at radius 1 is 1.60 bits per heavy atom. The highest BCUT2D eigenvalue weighted by Gasteiger charge is 2.12. The van der Waals surface area contributed by atoms with Crippen LogP contribution in [0.1, 0.15) is 12.0 Å². The van der Waals surface area contributed by atoms with Crippen molar-refractivity contribution in [1.29, 1.82) is 0 Å². The van der Waals surface area contributed by atoms with Crippen LogP contribution in [0.25, 0.3) is 0 Å². The molecule has 3 nitrogen and oxygen atoms in total. The van der Waals surface area contributed by atoms with E-state index in [0.717, 1.165) is 0 Å². The third-order valence-electron chi connectivity index (χ3n) is 2.05. The normalized spacial score (nSPS) is 12.5. The molecule has 0 radical (unpaired) electrons. The maximum atomic E-state index is 13.2. The number of hydrogen-bond donors (Lipinski definition) is 2. The molecule has 0 unspecified atom stereocenters. The summed E-state index contributed by atoms with van der Waals surface area (Å²) in [7, 11) is 0. The van der Waals surface area contributed by atoms with E-state index in [-0.39, 0.29) is 12.8 Å². The highest BCUT2D eigenvalue weighted by atomic mass is 35.5. The van der Waals surface area contributed by atoms with Crippen molar-refractivity contribution >= 4 is 17.6 Å². The van der Waals surface area contributed by atoms with E-state index in [1.165, 1.54) is 18.2 Å². The minimum atomic E-state index is -1.09. The lowest BCUT2D eigenvalue weighted by Gasteiger charge is -2.07. The number of nitrogens with two attached hydrogens (primary N) is 1. The molecule has 1 rings (SSSR count). The van der Waals surface area contributed by atoms with Gasteiger partial charge < -0.3 is 10.8 Å². The second kappa shape index (κ2) is 5.09. The molecular formula is C10H11ClFNO2. The number of aryl methyl sites for hydroxylation is 1. The van der Waals surface area contributed by atoms with Gasteiger partial charge in [0.05, 0.1) is 0 Å². The lowest BCUT2D eigenvalue weighted by Crippen LogP contribution is -2.30. The lowest BCUT2D eigenvalue weighted by molar-refractivity contribution is -0.138. The first-order chi connectivity index (χ1) is 7.00. The largest absolute Gasteiger partial charge is 0.480 e. The van der Waals surface area contributed by atoms with Crippen molar-refractivity contribution in [2.24, 2.45) is 5.73 Å². The molecule has 0 spiro atoms. The van der Waals surface area contributed by atoms with Gasteiger partial charge in [-0.15, -0.1) is 0 Å². The molecule has 0 aliphatic heterocycles. The topological polar surface area (TPSA) is 63.3 Å². The summed E-state index contributed by atoms with van der Waals surface area (Å²) in [6, 6.07) is 3.20. The van der Waals surface area contributed by atoms with Crippen molar-refractivity contribution in [3.63, 3.8) is 0 Å². The van der Waals surface area contributed by atoms with E-state index in [2.05, 4.69) is 0 Å². The van der Waals surface area contributed by atoms with Crippen LogP contribution in [0.5, 0.6) is 0 Å². The molecule has 1 atom stereocenters. The summed E-state index contributed by atoms with van der Waals surface area (Å²) in [6.07, 6.45) is 0.451. The second-order valence-electron chi connectivity index (χ2n) is 3.22. The van der Waals surface area contributed by atoms with E-state index in [0.29, 0.717) is 10.6 Å². The number of carbonyl (C=O) groups is 1. The molecule has 0 bridgehead atoms. The van der Waals surface area contributed by atoms with Crippen LogP contribution in [0.4, 0.5) is 4.39 Å². The number of carboxylic acids is 1. The lowest BCUT2D eigenvalue weighted by atomic mass is 10.1. The van der Waals surface area contributed by atoms with Crippen LogP contribution in [0.15, 0.2) is 18.2 Å². The number of halogens is 2. The van der Waals surface area contributed by atoms with Crippen LogP contribution < -0.4 is 5.73 Å². The van der Waals surface area contributed by atoms with Gasteiger partial charge in [-0.25, -0.2) is 4.39 Å². The minimum Gasteiger partial charge on any atom is -0.480 e. The summed E-state index contributed by atoms with van der Waals surface area (Å²) in [5.41, 5.74) is 5.69. The first-order valence-corrected chi connectivity index (χ1v) is 4.81. The fraction of sp³-hybridized carbons (Fsp3) is 0.300. The summed E-state index contributed by atoms with van der Waals surface area (Å²) in [5, 5.41) is 8.97. The van der Waals surface area contributed by atoms with Crippen LogP contribution in [0, 0.1) is 5.82 Å². The average Bonchev–Trinajstić information content (AvgIpc) is 2.18. The van der Waals surface area contributed by atoms with Crippen LogP contribution in [0.2, 0.25) is 5.02 Å². The van der Waals surface area contributed by atoms with Crippen LogP contribution in [0.3, 0.4) is 0 Å². The molecule has 15 heavy (non-hydrogen) atoms. The van der Waals surface area contributed by atoms with Crippen LogP contribution in [-0.2, 0) is 11.2 Å². The first kappa shape index (κ1) is 11.9. The molecule has 0 heterocycles. The molecule has 5 heteroatoms. The molecule has 1 aromatic carbocycles. The molecule has 0 saturated carbocycles. The van der Waals surface area contributed by atoms with E-state index < -0.39 is 17.8 Å². The van der Waals surface area contributed by atoms with Gasteiger partial charge in [0, 0.05) is 5.02 Å². The Hall–Kier alpha value is -1.13. The third kappa shape index (κ3) is 3.49. The van der Waals surface area contributed by atoms with Gasteiger partial charge in [0.1, 0.15) is 11.9 Å². The van der Waals surface area contributed by atoms with Gasteiger partial charge in [0.15, 0.2) is 0 Å². The Balaban J connectivity index is 2.65. The summed E-state index contributed by atoms with van der Waals surface area (Å²) in [5.74, 6) is -1.48. The Morgan fingerprint density at radius 3 is 2.87 bits per heavy atom. The van der Waals surface area contributed by atoms with Crippen molar-refractivity contribution in [2.75, 3.05) is 0 Å². The Labute approximate surface area is 91.7 Å². The Kier molecular flexibility index (Phi) is 4.05. The molecule has 0 saturated heterocycles. The van der Waals surface area contributed by atoms with Gasteiger partial charge >= 0.3 is 5.97 Å². The summed E-state index contributed by atoms with van der Waals surface area (Å²) < 4.78 is 13.2. The van der Waals surface area contributed by atoms with Crippen molar-refractivity contribution in [2.45, 2.75) is 18.9 Å². The quantitative estimate of drug-likeness (QED) is 0.831. The summed E-state index contributed by atoms with van der Waals surface area (Å²) in [6.45, 7) is 0. The van der Waals surface area contributed by atoms with Gasteiger partial charge in [0.2, 0.25) is 0 Å². The standard InChI is InChI=1S/C10H11ClFNO2/c11-7-2-3-8(12)6(5-7)1-4-9(13)10(14)15/h2-3,5,9H,1,4,13H2,(H,14,15)/t9-/m0/s1. The SMILES string of the molecule is N[C@@H](CCc1cc(Cl)ccc1F)C(=O)O. The summed E-state index contributed by atoms with van der Waals surface area (Å²) >= 11 is 5.68.